The predicted molar refractivity (Wildman–Crippen MR) is 126 cm³/mol. The van der Waals surface area contributed by atoms with Gasteiger partial charge >= 0.3 is 0 Å². The zero-order chi connectivity index (χ0) is 22.5. The Hall–Kier alpha value is -2.11. The summed E-state index contributed by atoms with van der Waals surface area (Å²) in [4.78, 5) is 17.1. The molecule has 4 nitrogen and oxygen atoms in total. The quantitative estimate of drug-likeness (QED) is 0.648. The number of piperazine rings is 1. The molecule has 1 aliphatic rings. The molecular formula is C25H33ClFN3O. The van der Waals surface area contributed by atoms with E-state index in [0.717, 1.165) is 23.2 Å². The number of hydrogen-bond donors (Lipinski definition) is 1. The first-order valence-electron chi connectivity index (χ1n) is 11.1. The maximum absolute atomic E-state index is 13.9. The van der Waals surface area contributed by atoms with E-state index in [1.165, 1.54) is 6.07 Å². The van der Waals surface area contributed by atoms with Crippen LogP contribution >= 0.6 is 11.6 Å². The predicted octanol–water partition coefficient (Wildman–Crippen LogP) is 5.05. The summed E-state index contributed by atoms with van der Waals surface area (Å²) in [7, 11) is 0. The van der Waals surface area contributed by atoms with Crippen LogP contribution in [0.2, 0.25) is 5.02 Å². The molecule has 1 aliphatic heterocycles. The minimum Gasteiger partial charge on any atom is -0.368 e. The van der Waals surface area contributed by atoms with E-state index < -0.39 is 0 Å². The molecule has 2 aromatic carbocycles. The number of benzene rings is 2. The minimum atomic E-state index is -0.261. The van der Waals surface area contributed by atoms with Crippen LogP contribution in [0.5, 0.6) is 0 Å². The summed E-state index contributed by atoms with van der Waals surface area (Å²) < 4.78 is 13.9. The first-order valence-corrected chi connectivity index (χ1v) is 11.5. The normalized spacial score (nSPS) is 16.5. The Bertz CT molecular complexity index is 879. The van der Waals surface area contributed by atoms with Crippen LogP contribution in [-0.4, -0.2) is 37.0 Å². The summed E-state index contributed by atoms with van der Waals surface area (Å²) in [5.74, 6) is 0.254. The van der Waals surface area contributed by atoms with Gasteiger partial charge in [0.05, 0.1) is 0 Å². The number of carbonyl (C=O) groups is 1. The van der Waals surface area contributed by atoms with Crippen molar-refractivity contribution in [2.75, 3.05) is 31.1 Å². The van der Waals surface area contributed by atoms with Crippen molar-refractivity contribution in [3.05, 3.63) is 64.4 Å². The highest BCUT2D eigenvalue weighted by Gasteiger charge is 2.27. The van der Waals surface area contributed by atoms with Crippen molar-refractivity contribution < 1.29 is 9.18 Å². The van der Waals surface area contributed by atoms with Crippen LogP contribution in [0.4, 0.5) is 10.1 Å². The summed E-state index contributed by atoms with van der Waals surface area (Å²) in [5, 5.41) is 0.701. The van der Waals surface area contributed by atoms with E-state index in [1.54, 1.807) is 6.07 Å². The molecule has 3 rings (SSSR count). The van der Waals surface area contributed by atoms with E-state index in [2.05, 4.69) is 18.7 Å². The summed E-state index contributed by atoms with van der Waals surface area (Å²) in [6, 6.07) is 12.3. The van der Waals surface area contributed by atoms with E-state index in [-0.39, 0.29) is 23.7 Å². The Morgan fingerprint density at radius 3 is 2.32 bits per heavy atom. The molecular weight excluding hydrogens is 413 g/mol. The van der Waals surface area contributed by atoms with Gasteiger partial charge in [0, 0.05) is 48.8 Å². The van der Waals surface area contributed by atoms with Gasteiger partial charge in [-0.1, -0.05) is 44.5 Å². The number of hydrogen-bond acceptors (Lipinski definition) is 3. The van der Waals surface area contributed by atoms with Gasteiger partial charge in [-0.15, -0.1) is 0 Å². The maximum atomic E-state index is 13.9. The second-order valence-electron chi connectivity index (χ2n) is 8.98. The van der Waals surface area contributed by atoms with Gasteiger partial charge < -0.3 is 15.5 Å². The molecule has 168 valence electrons. The first-order chi connectivity index (χ1) is 14.7. The number of carbonyl (C=O) groups excluding carboxylic acids is 1. The monoisotopic (exact) mass is 445 g/mol. The van der Waals surface area contributed by atoms with Crippen molar-refractivity contribution in [2.24, 2.45) is 17.6 Å². The van der Waals surface area contributed by atoms with Crippen LogP contribution in [-0.2, 0) is 11.2 Å². The highest BCUT2D eigenvalue weighted by Crippen LogP contribution is 2.30. The number of nitrogens with two attached hydrogens (primary N) is 1. The largest absolute Gasteiger partial charge is 0.368 e. The van der Waals surface area contributed by atoms with Crippen molar-refractivity contribution in [1.82, 2.24) is 4.90 Å². The summed E-state index contributed by atoms with van der Waals surface area (Å²) >= 11 is 5.95. The average Bonchev–Trinajstić information content (AvgIpc) is 2.74. The first kappa shape index (κ1) is 23.6. The molecule has 2 aromatic rings. The number of nitrogens with zero attached hydrogens (tertiary/aromatic N) is 2. The van der Waals surface area contributed by atoms with E-state index in [1.807, 2.05) is 42.2 Å². The highest BCUT2D eigenvalue weighted by atomic mass is 35.5. The lowest BCUT2D eigenvalue weighted by atomic mass is 9.95. The minimum absolute atomic E-state index is 0.0893. The van der Waals surface area contributed by atoms with Gasteiger partial charge in [-0.05, 0) is 60.2 Å². The zero-order valence-electron chi connectivity index (χ0n) is 18.7. The molecule has 0 spiro atoms. The molecule has 2 atom stereocenters. The molecule has 1 heterocycles. The van der Waals surface area contributed by atoms with E-state index in [0.29, 0.717) is 43.5 Å². The molecule has 0 aromatic heterocycles. The maximum Gasteiger partial charge on any atom is 0.225 e. The lowest BCUT2D eigenvalue weighted by Crippen LogP contribution is -2.50. The van der Waals surface area contributed by atoms with Crippen molar-refractivity contribution in [3.8, 4) is 0 Å². The van der Waals surface area contributed by atoms with Gasteiger partial charge in [0.25, 0.3) is 0 Å². The Kier molecular flexibility index (Phi) is 7.95. The van der Waals surface area contributed by atoms with Crippen LogP contribution in [0.3, 0.4) is 0 Å². The molecule has 0 bridgehead atoms. The van der Waals surface area contributed by atoms with Gasteiger partial charge in [-0.2, -0.15) is 0 Å². The molecule has 1 amide bonds. The van der Waals surface area contributed by atoms with Crippen LogP contribution in [0.15, 0.2) is 42.5 Å². The standard InChI is InChI=1S/C25H33ClFN3O/c1-17(2)14-23(28)22-16-21(27)8-9-24(22)29-10-12-30(13-11-29)25(31)18(3)15-19-4-6-20(26)7-5-19/h4-9,16-18,23H,10-15,28H2,1-3H3/t18?,23-/m0/s1. The van der Waals surface area contributed by atoms with Gasteiger partial charge in [0.2, 0.25) is 5.91 Å². The molecule has 0 radical (unpaired) electrons. The van der Waals surface area contributed by atoms with Gasteiger partial charge in [0.15, 0.2) is 0 Å². The second kappa shape index (κ2) is 10.5. The molecule has 0 saturated carbocycles. The van der Waals surface area contributed by atoms with Crippen molar-refractivity contribution in [1.29, 1.82) is 0 Å². The fourth-order valence-electron chi connectivity index (χ4n) is 4.29. The fraction of sp³-hybridized carbons (Fsp3) is 0.480. The Morgan fingerprint density at radius 1 is 1.06 bits per heavy atom. The van der Waals surface area contributed by atoms with Crippen LogP contribution in [0.25, 0.3) is 0 Å². The van der Waals surface area contributed by atoms with Crippen molar-refractivity contribution >= 4 is 23.2 Å². The van der Waals surface area contributed by atoms with Crippen molar-refractivity contribution in [2.45, 2.75) is 39.7 Å². The topological polar surface area (TPSA) is 49.6 Å². The Balaban J connectivity index is 1.62. The second-order valence-corrected chi connectivity index (χ2v) is 9.42. The lowest BCUT2D eigenvalue weighted by Gasteiger charge is -2.38. The van der Waals surface area contributed by atoms with E-state index in [4.69, 9.17) is 17.3 Å². The van der Waals surface area contributed by atoms with Crippen LogP contribution in [0.1, 0.15) is 44.4 Å². The number of rotatable bonds is 7. The van der Waals surface area contributed by atoms with E-state index in [9.17, 15) is 9.18 Å². The van der Waals surface area contributed by atoms with Gasteiger partial charge in [0.1, 0.15) is 5.82 Å². The molecule has 6 heteroatoms. The third-order valence-electron chi connectivity index (χ3n) is 5.92. The number of halogens is 2. The molecule has 31 heavy (non-hydrogen) atoms. The molecule has 1 saturated heterocycles. The molecule has 1 fully saturated rings. The lowest BCUT2D eigenvalue weighted by molar-refractivity contribution is -0.135. The SMILES string of the molecule is CC(C)C[C@H](N)c1cc(F)ccc1N1CCN(C(=O)C(C)Cc2ccc(Cl)cc2)CC1. The third-order valence-corrected chi connectivity index (χ3v) is 6.18. The number of amides is 1. The number of anilines is 1. The van der Waals surface area contributed by atoms with Crippen molar-refractivity contribution in [3.63, 3.8) is 0 Å². The van der Waals surface area contributed by atoms with Crippen LogP contribution in [0, 0.1) is 17.7 Å². The van der Waals surface area contributed by atoms with Crippen LogP contribution < -0.4 is 10.6 Å². The molecule has 2 N–H and O–H groups in total. The molecule has 0 aliphatic carbocycles. The van der Waals surface area contributed by atoms with Gasteiger partial charge in [-0.3, -0.25) is 4.79 Å². The highest BCUT2D eigenvalue weighted by molar-refractivity contribution is 6.30. The fourth-order valence-corrected chi connectivity index (χ4v) is 4.41. The Morgan fingerprint density at radius 2 is 1.71 bits per heavy atom. The average molecular weight is 446 g/mol. The zero-order valence-corrected chi connectivity index (χ0v) is 19.4. The molecule has 1 unspecified atom stereocenters. The smallest absolute Gasteiger partial charge is 0.225 e. The summed E-state index contributed by atoms with van der Waals surface area (Å²) in [5.41, 5.74) is 9.35. The summed E-state index contributed by atoms with van der Waals surface area (Å²) in [6.07, 6.45) is 1.50. The Labute approximate surface area is 190 Å². The summed E-state index contributed by atoms with van der Waals surface area (Å²) in [6.45, 7) is 8.95. The van der Waals surface area contributed by atoms with Gasteiger partial charge in [-0.25, -0.2) is 4.39 Å². The van der Waals surface area contributed by atoms with E-state index >= 15 is 0 Å². The third kappa shape index (κ3) is 6.20.